The quantitative estimate of drug-likeness (QED) is 0.656. The van der Waals surface area contributed by atoms with Crippen LogP contribution >= 0.6 is 0 Å². The normalized spacial score (nSPS) is 37.2. The van der Waals surface area contributed by atoms with Crippen molar-refractivity contribution in [3.05, 3.63) is 0 Å². The lowest BCUT2D eigenvalue weighted by Gasteiger charge is -2.22. The Kier molecular flexibility index (Phi) is 3.23. The Labute approximate surface area is 81.0 Å². The Morgan fingerprint density at radius 1 is 1.31 bits per heavy atom. The molecule has 2 rings (SSSR count). The minimum atomic E-state index is 0.819. The highest BCUT2D eigenvalue weighted by Gasteiger charge is 2.38. The molecule has 0 aromatic carbocycles. The van der Waals surface area contributed by atoms with Crippen molar-refractivity contribution >= 4 is 0 Å². The molecule has 2 fully saturated rings. The van der Waals surface area contributed by atoms with Gasteiger partial charge in [0.1, 0.15) is 0 Å². The standard InChI is InChI=1S/C11H21NO/c1-2-13-6-5-12-11-8-9-3-4-10(11)7-9/h9-12H,2-8H2,1H3/t9-,10-,11-/m1/s1. The largest absolute Gasteiger partial charge is 0.380 e. The second-order valence-corrected chi connectivity index (χ2v) is 4.43. The third kappa shape index (κ3) is 2.23. The molecule has 0 aromatic rings. The van der Waals surface area contributed by atoms with Crippen LogP contribution in [0.4, 0.5) is 0 Å². The molecule has 2 nitrogen and oxygen atoms in total. The second-order valence-electron chi connectivity index (χ2n) is 4.43. The van der Waals surface area contributed by atoms with Gasteiger partial charge in [-0.15, -0.1) is 0 Å². The Morgan fingerprint density at radius 2 is 2.23 bits per heavy atom. The van der Waals surface area contributed by atoms with E-state index in [1.165, 1.54) is 25.7 Å². The average Bonchev–Trinajstić information content (AvgIpc) is 2.73. The van der Waals surface area contributed by atoms with E-state index in [1.54, 1.807) is 0 Å². The van der Waals surface area contributed by atoms with Crippen LogP contribution in [0.3, 0.4) is 0 Å². The predicted octanol–water partition coefficient (Wildman–Crippen LogP) is 1.80. The fourth-order valence-corrected chi connectivity index (χ4v) is 2.96. The van der Waals surface area contributed by atoms with Crippen molar-refractivity contribution in [2.75, 3.05) is 19.8 Å². The second kappa shape index (κ2) is 4.43. The number of rotatable bonds is 5. The Hall–Kier alpha value is -0.0800. The smallest absolute Gasteiger partial charge is 0.0590 e. The summed E-state index contributed by atoms with van der Waals surface area (Å²) in [7, 11) is 0. The van der Waals surface area contributed by atoms with Gasteiger partial charge in [-0.05, 0) is 38.0 Å². The molecule has 2 aliphatic rings. The van der Waals surface area contributed by atoms with Gasteiger partial charge < -0.3 is 10.1 Å². The maximum absolute atomic E-state index is 5.31. The van der Waals surface area contributed by atoms with Crippen molar-refractivity contribution in [3.8, 4) is 0 Å². The minimum Gasteiger partial charge on any atom is -0.380 e. The van der Waals surface area contributed by atoms with Gasteiger partial charge in [0.15, 0.2) is 0 Å². The van der Waals surface area contributed by atoms with E-state index in [4.69, 9.17) is 4.74 Å². The summed E-state index contributed by atoms with van der Waals surface area (Å²) in [6, 6.07) is 0.819. The third-order valence-electron chi connectivity index (χ3n) is 3.60. The molecular formula is C11H21NO. The topological polar surface area (TPSA) is 21.3 Å². The zero-order valence-electron chi connectivity index (χ0n) is 8.59. The van der Waals surface area contributed by atoms with Crippen molar-refractivity contribution in [3.63, 3.8) is 0 Å². The van der Waals surface area contributed by atoms with Gasteiger partial charge in [0.2, 0.25) is 0 Å². The van der Waals surface area contributed by atoms with Crippen LogP contribution in [0.5, 0.6) is 0 Å². The molecule has 13 heavy (non-hydrogen) atoms. The molecular weight excluding hydrogens is 162 g/mol. The molecule has 76 valence electrons. The molecule has 0 spiro atoms. The summed E-state index contributed by atoms with van der Waals surface area (Å²) in [5.74, 6) is 2.04. The molecule has 2 bridgehead atoms. The van der Waals surface area contributed by atoms with E-state index >= 15 is 0 Å². The molecule has 1 N–H and O–H groups in total. The van der Waals surface area contributed by atoms with E-state index < -0.39 is 0 Å². The summed E-state index contributed by atoms with van der Waals surface area (Å²) in [5, 5.41) is 3.62. The molecule has 0 amide bonds. The zero-order chi connectivity index (χ0) is 9.10. The average molecular weight is 183 g/mol. The van der Waals surface area contributed by atoms with E-state index in [-0.39, 0.29) is 0 Å². The predicted molar refractivity (Wildman–Crippen MR) is 53.7 cm³/mol. The lowest BCUT2D eigenvalue weighted by molar-refractivity contribution is 0.144. The zero-order valence-corrected chi connectivity index (χ0v) is 8.59. The van der Waals surface area contributed by atoms with Crippen molar-refractivity contribution < 1.29 is 4.74 Å². The van der Waals surface area contributed by atoms with Crippen LogP contribution in [0.15, 0.2) is 0 Å². The Balaban J connectivity index is 1.60. The lowest BCUT2D eigenvalue weighted by atomic mass is 9.95. The van der Waals surface area contributed by atoms with Crippen LogP contribution < -0.4 is 5.32 Å². The maximum Gasteiger partial charge on any atom is 0.0590 e. The van der Waals surface area contributed by atoms with Gasteiger partial charge in [0.25, 0.3) is 0 Å². The summed E-state index contributed by atoms with van der Waals surface area (Å²) < 4.78 is 5.31. The summed E-state index contributed by atoms with van der Waals surface area (Å²) >= 11 is 0. The highest BCUT2D eigenvalue weighted by atomic mass is 16.5. The lowest BCUT2D eigenvalue weighted by Crippen LogP contribution is -2.36. The first-order valence-corrected chi connectivity index (χ1v) is 5.71. The molecule has 0 unspecified atom stereocenters. The van der Waals surface area contributed by atoms with Gasteiger partial charge in [0, 0.05) is 19.2 Å². The summed E-state index contributed by atoms with van der Waals surface area (Å²) in [4.78, 5) is 0. The van der Waals surface area contributed by atoms with Crippen molar-refractivity contribution in [1.29, 1.82) is 0 Å². The van der Waals surface area contributed by atoms with E-state index in [0.29, 0.717) is 0 Å². The van der Waals surface area contributed by atoms with Crippen LogP contribution in [0, 0.1) is 11.8 Å². The van der Waals surface area contributed by atoms with E-state index in [2.05, 4.69) is 12.2 Å². The van der Waals surface area contributed by atoms with Crippen molar-refractivity contribution in [2.24, 2.45) is 11.8 Å². The molecule has 2 aliphatic carbocycles. The van der Waals surface area contributed by atoms with E-state index in [9.17, 15) is 0 Å². The maximum atomic E-state index is 5.31. The molecule has 2 saturated carbocycles. The Bertz CT molecular complexity index is 160. The third-order valence-corrected chi connectivity index (χ3v) is 3.60. The molecule has 0 aromatic heterocycles. The first-order chi connectivity index (χ1) is 6.40. The number of hydrogen-bond acceptors (Lipinski definition) is 2. The summed E-state index contributed by atoms with van der Waals surface area (Å²) in [6.07, 6.45) is 5.88. The molecule has 0 aliphatic heterocycles. The van der Waals surface area contributed by atoms with Gasteiger partial charge in [-0.3, -0.25) is 0 Å². The van der Waals surface area contributed by atoms with Crippen LogP contribution in [0.2, 0.25) is 0 Å². The molecule has 2 heteroatoms. The fraction of sp³-hybridized carbons (Fsp3) is 1.00. The highest BCUT2D eigenvalue weighted by Crippen LogP contribution is 2.44. The fourth-order valence-electron chi connectivity index (χ4n) is 2.96. The van der Waals surface area contributed by atoms with Gasteiger partial charge in [-0.2, -0.15) is 0 Å². The number of nitrogens with one attached hydrogen (secondary N) is 1. The van der Waals surface area contributed by atoms with Crippen LogP contribution in [-0.2, 0) is 4.74 Å². The number of fused-ring (bicyclic) bond motifs is 2. The van der Waals surface area contributed by atoms with Crippen molar-refractivity contribution in [2.45, 2.75) is 38.6 Å². The number of hydrogen-bond donors (Lipinski definition) is 1. The summed E-state index contributed by atoms with van der Waals surface area (Å²) in [6.45, 7) is 4.82. The van der Waals surface area contributed by atoms with E-state index in [0.717, 1.165) is 37.6 Å². The molecule has 0 radical (unpaired) electrons. The number of ether oxygens (including phenoxy) is 1. The monoisotopic (exact) mass is 183 g/mol. The SMILES string of the molecule is CCOCCN[C@@H]1C[C@@H]2CC[C@@H]1C2. The highest BCUT2D eigenvalue weighted by molar-refractivity contribution is 4.93. The van der Waals surface area contributed by atoms with Gasteiger partial charge >= 0.3 is 0 Å². The van der Waals surface area contributed by atoms with E-state index in [1.807, 2.05) is 0 Å². The first-order valence-electron chi connectivity index (χ1n) is 5.71. The van der Waals surface area contributed by atoms with Crippen molar-refractivity contribution in [1.82, 2.24) is 5.32 Å². The molecule has 0 heterocycles. The van der Waals surface area contributed by atoms with Gasteiger partial charge in [0.05, 0.1) is 6.61 Å². The Morgan fingerprint density at radius 3 is 2.85 bits per heavy atom. The van der Waals surface area contributed by atoms with Gasteiger partial charge in [-0.25, -0.2) is 0 Å². The minimum absolute atomic E-state index is 0.819. The van der Waals surface area contributed by atoms with Crippen LogP contribution in [-0.4, -0.2) is 25.8 Å². The van der Waals surface area contributed by atoms with Gasteiger partial charge in [-0.1, -0.05) is 6.42 Å². The first kappa shape index (κ1) is 9.47. The molecule has 0 saturated heterocycles. The van der Waals surface area contributed by atoms with Crippen LogP contribution in [0.25, 0.3) is 0 Å². The molecule has 3 atom stereocenters. The van der Waals surface area contributed by atoms with Crippen LogP contribution in [0.1, 0.15) is 32.6 Å². The summed E-state index contributed by atoms with van der Waals surface area (Å²) in [5.41, 5.74) is 0.